The van der Waals surface area contributed by atoms with E-state index >= 15 is 0 Å². The average molecular weight is 247 g/mol. The van der Waals surface area contributed by atoms with Gasteiger partial charge in [-0.2, -0.15) is 5.10 Å². The lowest BCUT2D eigenvalue weighted by Crippen LogP contribution is -2.12. The van der Waals surface area contributed by atoms with Gasteiger partial charge in [-0.3, -0.25) is 4.68 Å². The number of thioether (sulfide) groups is 1. The third-order valence-electron chi connectivity index (χ3n) is 2.76. The number of rotatable bonds is 4. The normalized spacial score (nSPS) is 12.6. The van der Waals surface area contributed by atoms with Gasteiger partial charge in [-0.1, -0.05) is 12.1 Å². The lowest BCUT2D eigenvalue weighted by Gasteiger charge is -2.11. The highest BCUT2D eigenvalue weighted by Gasteiger charge is 2.08. The summed E-state index contributed by atoms with van der Waals surface area (Å²) in [5.41, 5.74) is 8.53. The van der Waals surface area contributed by atoms with Gasteiger partial charge in [0.2, 0.25) is 0 Å². The summed E-state index contributed by atoms with van der Waals surface area (Å²) in [6, 6.07) is 8.47. The Morgan fingerprint density at radius 1 is 1.35 bits per heavy atom. The third kappa shape index (κ3) is 3.11. The number of nitrogens with zero attached hydrogens (tertiary/aromatic N) is 2. The fourth-order valence-electron chi connectivity index (χ4n) is 1.80. The van der Waals surface area contributed by atoms with Gasteiger partial charge in [0.05, 0.1) is 6.20 Å². The Morgan fingerprint density at radius 2 is 2.06 bits per heavy atom. The van der Waals surface area contributed by atoms with Gasteiger partial charge in [0.1, 0.15) is 0 Å². The molecule has 17 heavy (non-hydrogen) atoms. The van der Waals surface area contributed by atoms with Gasteiger partial charge < -0.3 is 5.73 Å². The van der Waals surface area contributed by atoms with E-state index < -0.39 is 0 Å². The van der Waals surface area contributed by atoms with Crippen molar-refractivity contribution in [2.24, 2.45) is 12.8 Å². The van der Waals surface area contributed by atoms with Crippen LogP contribution in [0.15, 0.2) is 41.6 Å². The number of hydrogen-bond donors (Lipinski definition) is 1. The summed E-state index contributed by atoms with van der Waals surface area (Å²) in [4.78, 5) is 1.27. The van der Waals surface area contributed by atoms with Crippen LogP contribution in [-0.4, -0.2) is 16.0 Å². The Morgan fingerprint density at radius 3 is 2.59 bits per heavy atom. The molecule has 90 valence electrons. The van der Waals surface area contributed by atoms with Crippen LogP contribution in [0.2, 0.25) is 0 Å². The van der Waals surface area contributed by atoms with Crippen LogP contribution in [-0.2, 0) is 13.5 Å². The van der Waals surface area contributed by atoms with E-state index in [9.17, 15) is 0 Å². The minimum atomic E-state index is 0.0371. The first kappa shape index (κ1) is 12.2. The monoisotopic (exact) mass is 247 g/mol. The van der Waals surface area contributed by atoms with Crippen molar-refractivity contribution >= 4 is 11.8 Å². The molecular formula is C13H17N3S. The lowest BCUT2D eigenvalue weighted by atomic mass is 10.0. The Balaban J connectivity index is 2.06. The molecule has 3 nitrogen and oxygen atoms in total. The molecular weight excluding hydrogens is 230 g/mol. The summed E-state index contributed by atoms with van der Waals surface area (Å²) >= 11 is 1.74. The standard InChI is InChI=1S/C13H17N3S/c1-16-9-10(8-15-16)7-13(14)11-3-5-12(17-2)6-4-11/h3-6,8-9,13H,7,14H2,1-2H3. The highest BCUT2D eigenvalue weighted by atomic mass is 32.2. The van der Waals surface area contributed by atoms with E-state index in [1.54, 1.807) is 16.4 Å². The second kappa shape index (κ2) is 5.38. The van der Waals surface area contributed by atoms with Gasteiger partial charge >= 0.3 is 0 Å². The number of hydrogen-bond acceptors (Lipinski definition) is 3. The molecule has 2 rings (SSSR count). The number of aromatic nitrogens is 2. The van der Waals surface area contributed by atoms with Crippen LogP contribution >= 0.6 is 11.8 Å². The van der Waals surface area contributed by atoms with Crippen LogP contribution in [0.1, 0.15) is 17.2 Å². The quantitative estimate of drug-likeness (QED) is 0.844. The van der Waals surface area contributed by atoms with E-state index in [-0.39, 0.29) is 6.04 Å². The average Bonchev–Trinajstić information content (AvgIpc) is 2.75. The van der Waals surface area contributed by atoms with Crippen LogP contribution in [0.3, 0.4) is 0 Å². The van der Waals surface area contributed by atoms with Gasteiger partial charge in [-0.15, -0.1) is 11.8 Å². The molecule has 1 atom stereocenters. The molecule has 0 aliphatic heterocycles. The van der Waals surface area contributed by atoms with E-state index in [2.05, 4.69) is 35.6 Å². The molecule has 0 saturated heterocycles. The van der Waals surface area contributed by atoms with Crippen LogP contribution in [0.25, 0.3) is 0 Å². The molecule has 0 aliphatic rings. The van der Waals surface area contributed by atoms with Crippen molar-refractivity contribution in [3.63, 3.8) is 0 Å². The Kier molecular flexibility index (Phi) is 3.86. The van der Waals surface area contributed by atoms with Gasteiger partial charge in [0, 0.05) is 24.2 Å². The Hall–Kier alpha value is -1.26. The summed E-state index contributed by atoms with van der Waals surface area (Å²) in [7, 11) is 1.92. The fraction of sp³-hybridized carbons (Fsp3) is 0.308. The van der Waals surface area contributed by atoms with Gasteiger partial charge in [-0.05, 0) is 35.9 Å². The van der Waals surface area contributed by atoms with Crippen molar-refractivity contribution in [3.8, 4) is 0 Å². The molecule has 1 aromatic heterocycles. The maximum atomic E-state index is 6.18. The zero-order valence-electron chi connectivity index (χ0n) is 10.1. The molecule has 1 heterocycles. The predicted molar refractivity (Wildman–Crippen MR) is 72.1 cm³/mol. The maximum absolute atomic E-state index is 6.18. The minimum Gasteiger partial charge on any atom is -0.324 e. The third-order valence-corrected chi connectivity index (χ3v) is 3.50. The second-order valence-electron chi connectivity index (χ2n) is 4.11. The SMILES string of the molecule is CSc1ccc(C(N)Cc2cnn(C)c2)cc1. The smallest absolute Gasteiger partial charge is 0.0522 e. The molecule has 0 saturated carbocycles. The first-order valence-corrected chi connectivity index (χ1v) is 6.78. The minimum absolute atomic E-state index is 0.0371. The van der Waals surface area contributed by atoms with E-state index in [0.29, 0.717) is 0 Å². The van der Waals surface area contributed by atoms with Crippen molar-refractivity contribution in [2.45, 2.75) is 17.4 Å². The molecule has 0 fully saturated rings. The summed E-state index contributed by atoms with van der Waals surface area (Å²) in [6.07, 6.45) is 6.78. The van der Waals surface area contributed by atoms with Gasteiger partial charge in [-0.25, -0.2) is 0 Å². The van der Waals surface area contributed by atoms with E-state index in [1.807, 2.05) is 19.4 Å². The first-order valence-electron chi connectivity index (χ1n) is 5.56. The summed E-state index contributed by atoms with van der Waals surface area (Å²) in [5, 5.41) is 4.15. The predicted octanol–water partition coefficient (Wildman–Crippen LogP) is 2.38. The second-order valence-corrected chi connectivity index (χ2v) is 4.99. The molecule has 0 bridgehead atoms. The Bertz CT molecular complexity index is 476. The molecule has 0 amide bonds. The topological polar surface area (TPSA) is 43.8 Å². The van der Waals surface area contributed by atoms with Gasteiger partial charge in [0.15, 0.2) is 0 Å². The van der Waals surface area contributed by atoms with Crippen molar-refractivity contribution < 1.29 is 0 Å². The zero-order valence-corrected chi connectivity index (χ0v) is 10.9. The molecule has 1 unspecified atom stereocenters. The molecule has 2 aromatic rings. The van der Waals surface area contributed by atoms with Crippen molar-refractivity contribution in [3.05, 3.63) is 47.8 Å². The molecule has 4 heteroatoms. The molecule has 0 aliphatic carbocycles. The molecule has 2 N–H and O–H groups in total. The van der Waals surface area contributed by atoms with Gasteiger partial charge in [0.25, 0.3) is 0 Å². The fourth-order valence-corrected chi connectivity index (χ4v) is 2.21. The number of benzene rings is 1. The summed E-state index contributed by atoms with van der Waals surface area (Å²) in [5.74, 6) is 0. The van der Waals surface area contributed by atoms with Crippen LogP contribution in [0.4, 0.5) is 0 Å². The van der Waals surface area contributed by atoms with Crippen molar-refractivity contribution in [1.29, 1.82) is 0 Å². The summed E-state index contributed by atoms with van der Waals surface area (Å²) < 4.78 is 1.80. The highest BCUT2D eigenvalue weighted by molar-refractivity contribution is 7.98. The maximum Gasteiger partial charge on any atom is 0.0522 e. The molecule has 1 aromatic carbocycles. The zero-order chi connectivity index (χ0) is 12.3. The van der Waals surface area contributed by atoms with Crippen LogP contribution < -0.4 is 5.73 Å². The number of nitrogens with two attached hydrogens (primary N) is 1. The Labute approximate surface area is 106 Å². The van der Waals surface area contributed by atoms with Crippen LogP contribution in [0, 0.1) is 0 Å². The lowest BCUT2D eigenvalue weighted by molar-refractivity contribution is 0.718. The summed E-state index contributed by atoms with van der Waals surface area (Å²) in [6.45, 7) is 0. The highest BCUT2D eigenvalue weighted by Crippen LogP contribution is 2.20. The molecule has 0 spiro atoms. The first-order chi connectivity index (χ1) is 8.19. The van der Waals surface area contributed by atoms with Crippen LogP contribution in [0.5, 0.6) is 0 Å². The molecule has 0 radical (unpaired) electrons. The largest absolute Gasteiger partial charge is 0.324 e. The van der Waals surface area contributed by atoms with E-state index in [0.717, 1.165) is 6.42 Å². The number of aryl methyl sites for hydroxylation is 1. The van der Waals surface area contributed by atoms with E-state index in [1.165, 1.54) is 16.0 Å². The van der Waals surface area contributed by atoms with Crippen molar-refractivity contribution in [1.82, 2.24) is 9.78 Å². The van der Waals surface area contributed by atoms with Crippen molar-refractivity contribution in [2.75, 3.05) is 6.26 Å². The van der Waals surface area contributed by atoms with E-state index in [4.69, 9.17) is 5.73 Å².